The highest BCUT2D eigenvalue weighted by Crippen LogP contribution is 2.30. The van der Waals surface area contributed by atoms with Crippen molar-refractivity contribution in [3.63, 3.8) is 0 Å². The summed E-state index contributed by atoms with van der Waals surface area (Å²) in [5.74, 6) is 0.432. The number of thiazole rings is 1. The van der Waals surface area contributed by atoms with Crippen LogP contribution in [0.3, 0.4) is 0 Å². The van der Waals surface area contributed by atoms with E-state index in [-0.39, 0.29) is 5.91 Å². The van der Waals surface area contributed by atoms with Crippen LogP contribution in [0, 0.1) is 5.92 Å². The topological polar surface area (TPSA) is 59.2 Å². The molecule has 1 aliphatic heterocycles. The van der Waals surface area contributed by atoms with Gasteiger partial charge in [0.15, 0.2) is 0 Å². The molecule has 0 spiro atoms. The minimum absolute atomic E-state index is 0.0278. The third-order valence-electron chi connectivity index (χ3n) is 3.54. The number of anilines is 1. The Morgan fingerprint density at radius 3 is 3.05 bits per heavy atom. The van der Waals surface area contributed by atoms with Gasteiger partial charge in [0.2, 0.25) is 0 Å². The molecule has 0 radical (unpaired) electrons. The van der Waals surface area contributed by atoms with Gasteiger partial charge in [-0.05, 0) is 24.0 Å². The van der Waals surface area contributed by atoms with E-state index in [0.717, 1.165) is 23.7 Å². The maximum atomic E-state index is 12.7. The molecule has 0 saturated carbocycles. The van der Waals surface area contributed by atoms with Gasteiger partial charge >= 0.3 is 0 Å². The van der Waals surface area contributed by atoms with Gasteiger partial charge in [-0.15, -0.1) is 11.3 Å². The zero-order chi connectivity index (χ0) is 14.1. The molecule has 2 N–H and O–H groups in total. The highest BCUT2D eigenvalue weighted by Gasteiger charge is 2.28. The number of amides is 1. The Hall–Kier alpha value is -1.72. The largest absolute Gasteiger partial charge is 0.325 e. The quantitative estimate of drug-likeness (QED) is 0.923. The van der Waals surface area contributed by atoms with Gasteiger partial charge in [-0.1, -0.05) is 25.1 Å². The van der Waals surface area contributed by atoms with Crippen LogP contribution in [0.15, 0.2) is 29.6 Å². The van der Waals surface area contributed by atoms with Crippen molar-refractivity contribution in [3.05, 3.63) is 45.9 Å². The lowest BCUT2D eigenvalue weighted by atomic mass is 9.94. The minimum Gasteiger partial charge on any atom is -0.325 e. The minimum atomic E-state index is -0.0278. The van der Waals surface area contributed by atoms with Crippen molar-refractivity contribution in [1.29, 1.82) is 0 Å². The maximum absolute atomic E-state index is 12.7. The van der Waals surface area contributed by atoms with Crippen LogP contribution < -0.4 is 10.6 Å². The predicted octanol–water partition coefficient (Wildman–Crippen LogP) is 2.44. The lowest BCUT2D eigenvalue weighted by molar-refractivity contribution is 0.0976. The third-order valence-corrected chi connectivity index (χ3v) is 4.41. The van der Waals surface area contributed by atoms with Gasteiger partial charge in [-0.2, -0.15) is 0 Å². The summed E-state index contributed by atoms with van der Waals surface area (Å²) in [4.78, 5) is 18.8. The first-order valence-corrected chi connectivity index (χ1v) is 7.61. The van der Waals surface area contributed by atoms with Gasteiger partial charge in [0.05, 0.1) is 0 Å². The lowest BCUT2D eigenvalue weighted by Crippen LogP contribution is -2.39. The molecule has 3 rings (SSSR count). The van der Waals surface area contributed by atoms with Crippen LogP contribution in [0.25, 0.3) is 0 Å². The first-order valence-electron chi connectivity index (χ1n) is 6.73. The summed E-state index contributed by atoms with van der Waals surface area (Å²) in [5.41, 5.74) is 8.31. The van der Waals surface area contributed by atoms with E-state index in [4.69, 9.17) is 5.73 Å². The van der Waals surface area contributed by atoms with Crippen LogP contribution in [0.2, 0.25) is 0 Å². The van der Waals surface area contributed by atoms with Crippen molar-refractivity contribution >= 4 is 22.9 Å². The van der Waals surface area contributed by atoms with Gasteiger partial charge < -0.3 is 10.6 Å². The number of rotatable bonds is 2. The van der Waals surface area contributed by atoms with E-state index in [2.05, 4.69) is 18.0 Å². The number of fused-ring (bicyclic) bond motifs is 1. The first kappa shape index (κ1) is 13.3. The van der Waals surface area contributed by atoms with Crippen molar-refractivity contribution in [2.75, 3.05) is 11.4 Å². The van der Waals surface area contributed by atoms with Crippen molar-refractivity contribution in [2.24, 2.45) is 11.7 Å². The molecule has 0 aliphatic carbocycles. The Kier molecular flexibility index (Phi) is 3.54. The molecule has 1 atom stereocenters. The number of hydrogen-bond donors (Lipinski definition) is 1. The van der Waals surface area contributed by atoms with Gasteiger partial charge in [-0.3, -0.25) is 4.79 Å². The maximum Gasteiger partial charge on any atom is 0.277 e. The molecule has 1 aliphatic rings. The fourth-order valence-corrected chi connectivity index (χ4v) is 3.28. The molecule has 0 unspecified atom stereocenters. The van der Waals surface area contributed by atoms with E-state index >= 15 is 0 Å². The molecule has 5 heteroatoms. The Morgan fingerprint density at radius 1 is 1.50 bits per heavy atom. The molecule has 0 bridgehead atoms. The molecule has 1 amide bonds. The lowest BCUT2D eigenvalue weighted by Gasteiger charge is -2.32. The van der Waals surface area contributed by atoms with Crippen molar-refractivity contribution in [2.45, 2.75) is 19.9 Å². The van der Waals surface area contributed by atoms with Crippen LogP contribution in [0.4, 0.5) is 5.69 Å². The van der Waals surface area contributed by atoms with E-state index in [9.17, 15) is 4.79 Å². The number of carbonyl (C=O) groups excluding carboxylic acids is 1. The van der Waals surface area contributed by atoms with Crippen molar-refractivity contribution in [3.8, 4) is 0 Å². The summed E-state index contributed by atoms with van der Waals surface area (Å²) in [6, 6.07) is 8.10. The number of benzene rings is 1. The van der Waals surface area contributed by atoms with Gasteiger partial charge in [-0.25, -0.2) is 4.98 Å². The standard InChI is InChI=1S/C15H17N3OS/c1-10-6-11-4-2-3-5-13(11)18(8-10)15(19)12-9-20-14(7-16)17-12/h2-5,9-10H,6-8,16H2,1H3/t10-/m1/s1. The smallest absolute Gasteiger partial charge is 0.277 e. The van der Waals surface area contributed by atoms with E-state index < -0.39 is 0 Å². The average Bonchev–Trinajstić information content (AvgIpc) is 2.94. The summed E-state index contributed by atoms with van der Waals surface area (Å²) < 4.78 is 0. The fourth-order valence-electron chi connectivity index (χ4n) is 2.63. The van der Waals surface area contributed by atoms with E-state index in [1.807, 2.05) is 23.1 Å². The predicted molar refractivity (Wildman–Crippen MR) is 81.0 cm³/mol. The molecule has 2 aromatic rings. The molecule has 2 heterocycles. The Labute approximate surface area is 122 Å². The van der Waals surface area contributed by atoms with E-state index in [1.165, 1.54) is 16.9 Å². The molecular weight excluding hydrogens is 270 g/mol. The molecule has 104 valence electrons. The summed E-state index contributed by atoms with van der Waals surface area (Å²) in [5, 5.41) is 2.60. The van der Waals surface area contributed by atoms with Gasteiger partial charge in [0.25, 0.3) is 5.91 Å². The van der Waals surface area contributed by atoms with Crippen LogP contribution >= 0.6 is 11.3 Å². The first-order chi connectivity index (χ1) is 9.69. The summed E-state index contributed by atoms with van der Waals surface area (Å²) in [7, 11) is 0. The number of aromatic nitrogens is 1. The molecule has 1 aromatic carbocycles. The summed E-state index contributed by atoms with van der Waals surface area (Å²) in [6.07, 6.45) is 1.02. The average molecular weight is 287 g/mol. The Balaban J connectivity index is 1.95. The number of nitrogens with zero attached hydrogens (tertiary/aromatic N) is 2. The van der Waals surface area contributed by atoms with Gasteiger partial charge in [0.1, 0.15) is 10.7 Å². The number of carbonyl (C=O) groups is 1. The van der Waals surface area contributed by atoms with E-state index in [1.54, 1.807) is 5.38 Å². The normalized spacial score (nSPS) is 17.9. The summed E-state index contributed by atoms with van der Waals surface area (Å²) in [6.45, 7) is 3.29. The highest BCUT2D eigenvalue weighted by atomic mass is 32.1. The molecule has 0 fully saturated rings. The van der Waals surface area contributed by atoms with E-state index in [0.29, 0.717) is 18.2 Å². The second-order valence-electron chi connectivity index (χ2n) is 5.18. The highest BCUT2D eigenvalue weighted by molar-refractivity contribution is 7.09. The van der Waals surface area contributed by atoms with Crippen LogP contribution in [-0.2, 0) is 13.0 Å². The molecule has 0 saturated heterocycles. The second-order valence-corrected chi connectivity index (χ2v) is 6.13. The molecular formula is C15H17N3OS. The zero-order valence-electron chi connectivity index (χ0n) is 11.4. The number of nitrogens with two attached hydrogens (primary N) is 1. The van der Waals surface area contributed by atoms with Gasteiger partial charge in [0, 0.05) is 24.2 Å². The third kappa shape index (κ3) is 2.34. The van der Waals surface area contributed by atoms with Crippen LogP contribution in [0.5, 0.6) is 0 Å². The number of para-hydroxylation sites is 1. The van der Waals surface area contributed by atoms with Crippen molar-refractivity contribution in [1.82, 2.24) is 4.98 Å². The monoisotopic (exact) mass is 287 g/mol. The Bertz CT molecular complexity index is 638. The van der Waals surface area contributed by atoms with Crippen LogP contribution in [-0.4, -0.2) is 17.4 Å². The SMILES string of the molecule is C[C@@H]1Cc2ccccc2N(C(=O)c2csc(CN)n2)C1. The zero-order valence-corrected chi connectivity index (χ0v) is 12.2. The fraction of sp³-hybridized carbons (Fsp3) is 0.333. The molecule has 20 heavy (non-hydrogen) atoms. The Morgan fingerprint density at radius 2 is 2.30 bits per heavy atom. The summed E-state index contributed by atoms with van der Waals surface area (Å²) >= 11 is 1.44. The second kappa shape index (κ2) is 5.34. The molecule has 4 nitrogen and oxygen atoms in total. The molecule has 1 aromatic heterocycles. The van der Waals surface area contributed by atoms with Crippen molar-refractivity contribution < 1.29 is 4.79 Å². The van der Waals surface area contributed by atoms with Crippen LogP contribution in [0.1, 0.15) is 28.0 Å². The number of hydrogen-bond acceptors (Lipinski definition) is 4.